The number of likely N-dealkylation sites (N-methyl/N-ethyl adjacent to an activating group) is 1. The number of halogens is 1. The number of ketones is 1. The largest absolute Gasteiger partial charge is 0.417 e. The zero-order valence-corrected chi connectivity index (χ0v) is 13.9. The highest BCUT2D eigenvalue weighted by Gasteiger charge is 2.66. The van der Waals surface area contributed by atoms with Crippen molar-refractivity contribution in [3.8, 4) is 0 Å². The minimum Gasteiger partial charge on any atom is -0.417 e. The van der Waals surface area contributed by atoms with E-state index in [1.165, 1.54) is 19.2 Å². The first-order valence-electron chi connectivity index (χ1n) is 8.07. The van der Waals surface area contributed by atoms with E-state index in [1.54, 1.807) is 0 Å². The number of carbonyl (C=O) groups excluding carboxylic acids is 3. The van der Waals surface area contributed by atoms with Crippen LogP contribution >= 0.6 is 0 Å². The van der Waals surface area contributed by atoms with Crippen molar-refractivity contribution in [2.75, 3.05) is 7.05 Å². The van der Waals surface area contributed by atoms with E-state index < -0.39 is 47.1 Å². The van der Waals surface area contributed by atoms with Gasteiger partial charge in [0.25, 0.3) is 5.79 Å². The Labute approximate surface area is 147 Å². The summed E-state index contributed by atoms with van der Waals surface area (Å²) in [4.78, 5) is 37.3. The van der Waals surface area contributed by atoms with Crippen LogP contribution in [0.4, 0.5) is 4.39 Å². The van der Waals surface area contributed by atoms with Crippen molar-refractivity contribution in [2.24, 2.45) is 0 Å². The number of Topliss-reactive ketones (excluding diaryl/α,β-unsaturated/α-hetero) is 1. The summed E-state index contributed by atoms with van der Waals surface area (Å²) in [5.74, 6) is -5.69. The van der Waals surface area contributed by atoms with Crippen molar-refractivity contribution in [3.05, 3.63) is 35.6 Å². The van der Waals surface area contributed by atoms with Gasteiger partial charge < -0.3 is 19.7 Å². The monoisotopic (exact) mass is 367 g/mol. The average Bonchev–Trinajstić information content (AvgIpc) is 2.68. The molecule has 1 aliphatic carbocycles. The smallest absolute Gasteiger partial charge is 0.341 e. The molecule has 9 heteroatoms. The quantitative estimate of drug-likeness (QED) is 0.599. The summed E-state index contributed by atoms with van der Waals surface area (Å²) in [5.41, 5.74) is -1.59. The van der Waals surface area contributed by atoms with Gasteiger partial charge in [-0.3, -0.25) is 10.1 Å². The molecule has 3 N–H and O–H groups in total. The molecule has 140 valence electrons. The highest BCUT2D eigenvalue weighted by atomic mass is 19.1. The Bertz CT molecular complexity index is 728. The third-order valence-electron chi connectivity index (χ3n) is 4.86. The lowest BCUT2D eigenvalue weighted by Gasteiger charge is -2.49. The first-order valence-corrected chi connectivity index (χ1v) is 8.07. The van der Waals surface area contributed by atoms with Crippen LogP contribution < -0.4 is 5.32 Å². The Balaban J connectivity index is 2.21. The second kappa shape index (κ2) is 6.42. The number of hydrogen-bond donors (Lipinski definition) is 3. The first-order chi connectivity index (χ1) is 12.3. The minimum absolute atomic E-state index is 0.0477. The van der Waals surface area contributed by atoms with Crippen molar-refractivity contribution in [2.45, 2.75) is 42.8 Å². The molecule has 1 aromatic rings. The molecule has 3 atom stereocenters. The van der Waals surface area contributed by atoms with Crippen LogP contribution in [0.3, 0.4) is 0 Å². The minimum atomic E-state index is -2.14. The van der Waals surface area contributed by atoms with Crippen LogP contribution in [-0.2, 0) is 29.4 Å². The van der Waals surface area contributed by atoms with E-state index in [0.717, 1.165) is 12.1 Å². The molecular weight excluding hydrogens is 349 g/mol. The van der Waals surface area contributed by atoms with Gasteiger partial charge in [0.05, 0.1) is 0 Å². The number of nitrogens with one attached hydrogen (secondary N) is 1. The molecule has 1 aliphatic heterocycles. The zero-order chi connectivity index (χ0) is 19.1. The fraction of sp³-hybridized carbons (Fsp3) is 0.471. The first kappa shape index (κ1) is 18.4. The molecule has 1 aromatic carbocycles. The zero-order valence-electron chi connectivity index (χ0n) is 13.9. The molecular formula is C17H18FNO7. The van der Waals surface area contributed by atoms with Crippen LogP contribution in [0.5, 0.6) is 0 Å². The maximum Gasteiger partial charge on any atom is 0.341 e. The molecule has 0 amide bonds. The summed E-state index contributed by atoms with van der Waals surface area (Å²) < 4.78 is 23.9. The topological polar surface area (TPSA) is 122 Å². The summed E-state index contributed by atoms with van der Waals surface area (Å²) in [5, 5.41) is 22.3. The lowest BCUT2D eigenvalue weighted by molar-refractivity contribution is -0.260. The molecule has 3 rings (SSSR count). The van der Waals surface area contributed by atoms with E-state index in [9.17, 15) is 29.0 Å². The number of esters is 2. The predicted octanol–water partition coefficient (Wildman–Crippen LogP) is -0.489. The molecule has 2 aliphatic rings. The van der Waals surface area contributed by atoms with Gasteiger partial charge >= 0.3 is 11.9 Å². The highest BCUT2D eigenvalue weighted by molar-refractivity contribution is 5.94. The van der Waals surface area contributed by atoms with Crippen molar-refractivity contribution in [1.82, 2.24) is 5.32 Å². The van der Waals surface area contributed by atoms with E-state index in [0.29, 0.717) is 0 Å². The van der Waals surface area contributed by atoms with Gasteiger partial charge in [-0.25, -0.2) is 14.0 Å². The lowest BCUT2D eigenvalue weighted by atomic mass is 9.70. The van der Waals surface area contributed by atoms with E-state index in [2.05, 4.69) is 5.32 Å². The number of benzene rings is 1. The van der Waals surface area contributed by atoms with Crippen molar-refractivity contribution < 1.29 is 38.5 Å². The summed E-state index contributed by atoms with van der Waals surface area (Å²) in [6, 6.07) is 4.87. The number of rotatable bonds is 2. The normalized spacial score (nSPS) is 35.0. The number of hydrogen-bond acceptors (Lipinski definition) is 8. The van der Waals surface area contributed by atoms with Gasteiger partial charge in [0, 0.05) is 12.8 Å². The maximum atomic E-state index is 13.4. The van der Waals surface area contributed by atoms with Crippen LogP contribution in [0.2, 0.25) is 0 Å². The van der Waals surface area contributed by atoms with E-state index >= 15 is 0 Å². The Kier molecular flexibility index (Phi) is 4.55. The van der Waals surface area contributed by atoms with Gasteiger partial charge in [-0.2, -0.15) is 0 Å². The second-order valence-corrected chi connectivity index (χ2v) is 6.27. The van der Waals surface area contributed by atoms with Crippen molar-refractivity contribution in [1.29, 1.82) is 0 Å². The highest BCUT2D eigenvalue weighted by Crippen LogP contribution is 2.47. The number of carbonyl (C=O) groups is 3. The third kappa shape index (κ3) is 2.51. The fourth-order valence-corrected chi connectivity index (χ4v) is 3.60. The molecule has 2 fully saturated rings. The standard InChI is InChI=1S/C17H18FNO7/c1-19-17(9-4-6-10(18)7-5-9)11(20)3-2-8-16(17)25-14(23)12(21)13(22)15(24)26-16/h4-7,12-13,19,21-22H,2-3,8H2,1H3/t12?,13?,16?,17-/m0/s1. The Morgan fingerprint density at radius 2 is 1.62 bits per heavy atom. The molecule has 1 saturated heterocycles. The van der Waals surface area contributed by atoms with Crippen LogP contribution in [0.15, 0.2) is 24.3 Å². The molecule has 0 radical (unpaired) electrons. The summed E-state index contributed by atoms with van der Waals surface area (Å²) in [6.07, 6.45) is -3.98. The Morgan fingerprint density at radius 1 is 1.08 bits per heavy atom. The molecule has 8 nitrogen and oxygen atoms in total. The molecule has 1 heterocycles. The van der Waals surface area contributed by atoms with Gasteiger partial charge in [-0.15, -0.1) is 0 Å². The van der Waals surface area contributed by atoms with Gasteiger partial charge in [-0.05, 0) is 31.2 Å². The van der Waals surface area contributed by atoms with Crippen LogP contribution in [-0.4, -0.2) is 53.0 Å². The lowest BCUT2D eigenvalue weighted by Crippen LogP contribution is -2.68. The van der Waals surface area contributed by atoms with E-state index in [-0.39, 0.29) is 24.8 Å². The molecule has 0 bridgehead atoms. The summed E-state index contributed by atoms with van der Waals surface area (Å²) >= 11 is 0. The SMILES string of the molecule is CN[C@@]1(c2ccc(F)cc2)C(=O)CCCC12OC(=O)C(O)C(O)C(=O)O2. The van der Waals surface area contributed by atoms with Gasteiger partial charge in [0.15, 0.2) is 23.5 Å². The number of aliphatic hydroxyl groups excluding tert-OH is 2. The van der Waals surface area contributed by atoms with Crippen molar-refractivity contribution in [3.63, 3.8) is 0 Å². The Hall–Kier alpha value is -2.36. The molecule has 26 heavy (non-hydrogen) atoms. The molecule has 1 saturated carbocycles. The van der Waals surface area contributed by atoms with Crippen LogP contribution in [0.1, 0.15) is 24.8 Å². The number of aliphatic hydroxyl groups is 2. The van der Waals surface area contributed by atoms with Crippen LogP contribution in [0.25, 0.3) is 0 Å². The van der Waals surface area contributed by atoms with Crippen LogP contribution in [0, 0.1) is 5.82 Å². The van der Waals surface area contributed by atoms with E-state index in [4.69, 9.17) is 9.47 Å². The number of ether oxygens (including phenoxy) is 2. The molecule has 1 spiro atoms. The summed E-state index contributed by atoms with van der Waals surface area (Å²) in [6.45, 7) is 0. The second-order valence-electron chi connectivity index (χ2n) is 6.27. The summed E-state index contributed by atoms with van der Waals surface area (Å²) in [7, 11) is 1.41. The Morgan fingerprint density at radius 3 is 2.12 bits per heavy atom. The molecule has 0 aromatic heterocycles. The van der Waals surface area contributed by atoms with E-state index in [1.807, 2.05) is 0 Å². The van der Waals surface area contributed by atoms with Gasteiger partial charge in [0.1, 0.15) is 5.82 Å². The average molecular weight is 367 g/mol. The third-order valence-corrected chi connectivity index (χ3v) is 4.86. The fourth-order valence-electron chi connectivity index (χ4n) is 3.60. The van der Waals surface area contributed by atoms with Crippen molar-refractivity contribution >= 4 is 17.7 Å². The van der Waals surface area contributed by atoms with Gasteiger partial charge in [-0.1, -0.05) is 12.1 Å². The predicted molar refractivity (Wildman–Crippen MR) is 82.9 cm³/mol. The maximum absolute atomic E-state index is 13.4. The van der Waals surface area contributed by atoms with Gasteiger partial charge in [0.2, 0.25) is 0 Å². The molecule has 2 unspecified atom stereocenters.